The highest BCUT2D eigenvalue weighted by Crippen LogP contribution is 2.39. The molecule has 0 saturated carbocycles. The van der Waals surface area contributed by atoms with Crippen molar-refractivity contribution in [3.8, 4) is 0 Å². The van der Waals surface area contributed by atoms with E-state index in [1.807, 2.05) is 0 Å². The molecule has 1 heterocycles. The van der Waals surface area contributed by atoms with E-state index in [1.165, 1.54) is 12.1 Å². The van der Waals surface area contributed by atoms with Crippen molar-refractivity contribution in [2.24, 2.45) is 0 Å². The number of carbonyl (C=O) groups is 2. The third-order valence-corrected chi connectivity index (χ3v) is 3.90. The van der Waals surface area contributed by atoms with Crippen molar-refractivity contribution in [1.29, 1.82) is 0 Å². The summed E-state index contributed by atoms with van der Waals surface area (Å²) in [5, 5.41) is 2.49. The lowest BCUT2D eigenvalue weighted by Gasteiger charge is -2.23. The minimum Gasteiger partial charge on any atom is -0.466 e. The minimum atomic E-state index is -4.56. The first kappa shape index (κ1) is 19.6. The smallest absolute Gasteiger partial charge is 0.418 e. The van der Waals surface area contributed by atoms with Gasteiger partial charge in [-0.15, -0.1) is 0 Å². The summed E-state index contributed by atoms with van der Waals surface area (Å²) >= 11 is 0. The van der Waals surface area contributed by atoms with Gasteiger partial charge in [0.1, 0.15) is 5.70 Å². The van der Waals surface area contributed by atoms with Crippen molar-refractivity contribution in [3.63, 3.8) is 0 Å². The van der Waals surface area contributed by atoms with Gasteiger partial charge in [0.05, 0.1) is 25.9 Å². The van der Waals surface area contributed by atoms with E-state index in [1.54, 1.807) is 4.90 Å². The van der Waals surface area contributed by atoms with Crippen LogP contribution in [0, 0.1) is 0 Å². The van der Waals surface area contributed by atoms with E-state index in [9.17, 15) is 22.8 Å². The lowest BCUT2D eigenvalue weighted by atomic mass is 10.1. The molecule has 6 nitrogen and oxygen atoms in total. The number of hydrogen-bond donors (Lipinski definition) is 1. The number of hydrogen-bond acceptors (Lipinski definition) is 6. The second-order valence-electron chi connectivity index (χ2n) is 5.62. The number of esters is 2. The molecule has 1 aliphatic heterocycles. The van der Waals surface area contributed by atoms with E-state index >= 15 is 0 Å². The molecule has 1 saturated heterocycles. The highest BCUT2D eigenvalue weighted by molar-refractivity contribution is 5.98. The topological polar surface area (TPSA) is 67.9 Å². The zero-order chi connectivity index (χ0) is 19.3. The van der Waals surface area contributed by atoms with Crippen molar-refractivity contribution in [2.45, 2.75) is 19.0 Å². The number of anilines is 2. The van der Waals surface area contributed by atoms with Crippen molar-refractivity contribution in [3.05, 3.63) is 35.5 Å². The van der Waals surface area contributed by atoms with Crippen LogP contribution < -0.4 is 10.2 Å². The predicted octanol–water partition coefficient (Wildman–Crippen LogP) is 2.95. The van der Waals surface area contributed by atoms with Crippen LogP contribution in [0.4, 0.5) is 24.5 Å². The number of halogens is 3. The maximum absolute atomic E-state index is 13.5. The van der Waals surface area contributed by atoms with Crippen molar-refractivity contribution >= 4 is 23.3 Å². The Bertz CT molecular complexity index is 710. The summed E-state index contributed by atoms with van der Waals surface area (Å²) in [4.78, 5) is 24.8. The molecule has 0 radical (unpaired) electrons. The molecule has 2 rings (SSSR count). The highest BCUT2D eigenvalue weighted by atomic mass is 19.4. The lowest BCUT2D eigenvalue weighted by Crippen LogP contribution is -2.22. The number of nitrogens with one attached hydrogen (secondary N) is 1. The van der Waals surface area contributed by atoms with Gasteiger partial charge in [-0.25, -0.2) is 9.59 Å². The van der Waals surface area contributed by atoms with E-state index in [-0.39, 0.29) is 17.1 Å². The van der Waals surface area contributed by atoms with E-state index in [0.717, 1.165) is 39.2 Å². The number of nitrogens with zero attached hydrogens (tertiary/aromatic N) is 1. The molecule has 0 spiro atoms. The van der Waals surface area contributed by atoms with E-state index < -0.39 is 23.7 Å². The summed E-state index contributed by atoms with van der Waals surface area (Å²) in [7, 11) is 2.20. The maximum atomic E-state index is 13.5. The van der Waals surface area contributed by atoms with Gasteiger partial charge < -0.3 is 19.7 Å². The first-order valence-electron chi connectivity index (χ1n) is 7.87. The zero-order valence-corrected chi connectivity index (χ0v) is 14.4. The Balaban J connectivity index is 2.38. The molecule has 1 fully saturated rings. The average molecular weight is 372 g/mol. The second kappa shape index (κ2) is 8.11. The van der Waals surface area contributed by atoms with Gasteiger partial charge in [-0.3, -0.25) is 0 Å². The van der Waals surface area contributed by atoms with Gasteiger partial charge >= 0.3 is 18.1 Å². The monoisotopic (exact) mass is 372 g/mol. The SMILES string of the molecule is COC(=O)/C=C(/Nc1ccc(N2CCCC2)c(C(F)(F)F)c1)C(=O)OC. The Kier molecular flexibility index (Phi) is 6.12. The highest BCUT2D eigenvalue weighted by Gasteiger charge is 2.36. The number of alkyl halides is 3. The molecule has 0 atom stereocenters. The lowest BCUT2D eigenvalue weighted by molar-refractivity contribution is -0.138. The summed E-state index contributed by atoms with van der Waals surface area (Å²) in [6, 6.07) is 3.67. The largest absolute Gasteiger partial charge is 0.466 e. The van der Waals surface area contributed by atoms with E-state index in [0.29, 0.717) is 13.1 Å². The molecule has 0 aliphatic carbocycles. The van der Waals surface area contributed by atoms with Gasteiger partial charge in [0, 0.05) is 24.5 Å². The molecule has 0 amide bonds. The summed E-state index contributed by atoms with van der Waals surface area (Å²) in [6.45, 7) is 1.12. The van der Waals surface area contributed by atoms with Crippen LogP contribution in [0.5, 0.6) is 0 Å². The summed E-state index contributed by atoms with van der Waals surface area (Å²) < 4.78 is 49.4. The standard InChI is InChI=1S/C17H19F3N2O4/c1-25-15(23)10-13(16(24)26-2)21-11-5-6-14(22-7-3-4-8-22)12(9-11)17(18,19)20/h5-6,9-10,21H,3-4,7-8H2,1-2H3/b13-10+. The quantitative estimate of drug-likeness (QED) is 0.633. The molecule has 1 aromatic carbocycles. The predicted molar refractivity (Wildman–Crippen MR) is 88.6 cm³/mol. The van der Waals surface area contributed by atoms with Crippen LogP contribution in [0.2, 0.25) is 0 Å². The molecular formula is C17H19F3N2O4. The van der Waals surface area contributed by atoms with Crippen LogP contribution >= 0.6 is 0 Å². The van der Waals surface area contributed by atoms with Crippen molar-refractivity contribution < 1.29 is 32.2 Å². The molecule has 9 heteroatoms. The normalized spacial score (nSPS) is 15.0. The molecule has 1 aliphatic rings. The van der Waals surface area contributed by atoms with Crippen LogP contribution in [0.3, 0.4) is 0 Å². The van der Waals surface area contributed by atoms with Crippen LogP contribution in [0.1, 0.15) is 18.4 Å². The number of benzene rings is 1. The zero-order valence-electron chi connectivity index (χ0n) is 14.4. The van der Waals surface area contributed by atoms with E-state index in [2.05, 4.69) is 14.8 Å². The molecular weight excluding hydrogens is 353 g/mol. The van der Waals surface area contributed by atoms with Crippen LogP contribution in [0.15, 0.2) is 30.0 Å². The van der Waals surface area contributed by atoms with Gasteiger partial charge in [-0.1, -0.05) is 0 Å². The fourth-order valence-electron chi connectivity index (χ4n) is 2.66. The Morgan fingerprint density at radius 2 is 1.81 bits per heavy atom. The van der Waals surface area contributed by atoms with Gasteiger partial charge in [-0.05, 0) is 31.0 Å². The van der Waals surface area contributed by atoms with E-state index in [4.69, 9.17) is 0 Å². The van der Waals surface area contributed by atoms with Gasteiger partial charge in [0.2, 0.25) is 0 Å². The molecule has 1 N–H and O–H groups in total. The summed E-state index contributed by atoms with van der Waals surface area (Å²) in [5.74, 6) is -1.75. The Labute approximate surface area is 148 Å². The first-order chi connectivity index (χ1) is 12.3. The summed E-state index contributed by atoms with van der Waals surface area (Å²) in [5.41, 5.74) is -1.05. The molecule has 1 aromatic rings. The number of methoxy groups -OCH3 is 2. The van der Waals surface area contributed by atoms with Crippen LogP contribution in [0.25, 0.3) is 0 Å². The summed E-state index contributed by atoms with van der Waals surface area (Å²) in [6.07, 6.45) is -2.07. The molecule has 0 aromatic heterocycles. The Morgan fingerprint density at radius 1 is 1.15 bits per heavy atom. The molecule has 26 heavy (non-hydrogen) atoms. The molecule has 142 valence electrons. The molecule has 0 unspecified atom stereocenters. The fourth-order valence-corrected chi connectivity index (χ4v) is 2.66. The maximum Gasteiger partial charge on any atom is 0.418 e. The third kappa shape index (κ3) is 4.68. The van der Waals surface area contributed by atoms with Gasteiger partial charge in [0.15, 0.2) is 0 Å². The van der Waals surface area contributed by atoms with Crippen molar-refractivity contribution in [1.82, 2.24) is 0 Å². The van der Waals surface area contributed by atoms with Crippen LogP contribution in [-0.4, -0.2) is 39.2 Å². The number of carbonyl (C=O) groups excluding carboxylic acids is 2. The first-order valence-corrected chi connectivity index (χ1v) is 7.87. The third-order valence-electron chi connectivity index (χ3n) is 3.90. The Hall–Kier alpha value is -2.71. The van der Waals surface area contributed by atoms with Crippen LogP contribution in [-0.2, 0) is 25.2 Å². The van der Waals surface area contributed by atoms with Crippen molar-refractivity contribution in [2.75, 3.05) is 37.5 Å². The number of ether oxygens (including phenoxy) is 2. The van der Waals surface area contributed by atoms with Gasteiger partial charge in [0.25, 0.3) is 0 Å². The fraction of sp³-hybridized carbons (Fsp3) is 0.412. The Morgan fingerprint density at radius 3 is 2.35 bits per heavy atom. The average Bonchev–Trinajstić information content (AvgIpc) is 3.14. The number of rotatable bonds is 5. The van der Waals surface area contributed by atoms with Gasteiger partial charge in [-0.2, -0.15) is 13.2 Å². The second-order valence-corrected chi connectivity index (χ2v) is 5.62. The minimum absolute atomic E-state index is 0.000764. The molecule has 0 bridgehead atoms.